The molecule has 0 fully saturated rings. The lowest BCUT2D eigenvalue weighted by atomic mass is 9.98. The van der Waals surface area contributed by atoms with E-state index in [2.05, 4.69) is 26.0 Å². The standard InChI is InChI=1S/C34H28F2N6O5/c1-17-3-6-20(7-4-17)39-31(43)24-16-38-42-29(33(45)41-27-12-10-21-18(2)22(34(46)47)8-9-23(21)27)14-28(40-30(24)42)32(44)37-15-19-5-11-25(35)26(36)13-19/h3-9,11,13-14,16,27H,10,12,15H2,1-2H3,(H,37,44)(H,39,43)(H,41,45)(H,46,47)/t27-/m0/s1. The minimum absolute atomic E-state index is 0.00193. The smallest absolute Gasteiger partial charge is 0.335 e. The molecule has 0 aliphatic heterocycles. The van der Waals surface area contributed by atoms with Crippen molar-refractivity contribution in [2.24, 2.45) is 0 Å². The van der Waals surface area contributed by atoms with E-state index in [1.54, 1.807) is 25.1 Å². The fourth-order valence-corrected chi connectivity index (χ4v) is 5.65. The zero-order chi connectivity index (χ0) is 33.4. The maximum atomic E-state index is 13.8. The van der Waals surface area contributed by atoms with Gasteiger partial charge >= 0.3 is 5.97 Å². The number of nitrogens with zero attached hydrogens (tertiary/aromatic N) is 3. The van der Waals surface area contributed by atoms with Gasteiger partial charge in [0.2, 0.25) is 0 Å². The number of carboxylic acids is 1. The van der Waals surface area contributed by atoms with E-state index in [9.17, 15) is 33.1 Å². The number of rotatable bonds is 8. The van der Waals surface area contributed by atoms with Crippen LogP contribution in [0, 0.1) is 25.5 Å². The Hall–Kier alpha value is -5.98. The highest BCUT2D eigenvalue weighted by molar-refractivity contribution is 6.09. The van der Waals surface area contributed by atoms with Gasteiger partial charge in [-0.05, 0) is 79.3 Å². The highest BCUT2D eigenvalue weighted by Gasteiger charge is 2.29. The first-order valence-electron chi connectivity index (χ1n) is 14.7. The Morgan fingerprint density at radius 1 is 0.915 bits per heavy atom. The van der Waals surface area contributed by atoms with Crippen LogP contribution in [-0.2, 0) is 13.0 Å². The number of halogens is 2. The lowest BCUT2D eigenvalue weighted by Crippen LogP contribution is -2.31. The second-order valence-electron chi connectivity index (χ2n) is 11.2. The third kappa shape index (κ3) is 6.15. The van der Waals surface area contributed by atoms with Crippen LogP contribution in [0.15, 0.2) is 66.9 Å². The van der Waals surface area contributed by atoms with E-state index in [0.29, 0.717) is 29.7 Å². The lowest BCUT2D eigenvalue weighted by Gasteiger charge is -2.16. The van der Waals surface area contributed by atoms with Gasteiger partial charge in [0, 0.05) is 18.3 Å². The highest BCUT2D eigenvalue weighted by atomic mass is 19.2. The molecule has 0 bridgehead atoms. The highest BCUT2D eigenvalue weighted by Crippen LogP contribution is 2.35. The maximum Gasteiger partial charge on any atom is 0.335 e. The summed E-state index contributed by atoms with van der Waals surface area (Å²) in [6.07, 6.45) is 2.32. The fourth-order valence-electron chi connectivity index (χ4n) is 5.65. The lowest BCUT2D eigenvalue weighted by molar-refractivity contribution is 0.0695. The number of fused-ring (bicyclic) bond motifs is 2. The van der Waals surface area contributed by atoms with E-state index in [-0.39, 0.29) is 34.7 Å². The van der Waals surface area contributed by atoms with Crippen molar-refractivity contribution in [3.05, 3.63) is 129 Å². The van der Waals surface area contributed by atoms with Crippen molar-refractivity contribution >= 4 is 35.0 Å². The molecule has 3 amide bonds. The van der Waals surface area contributed by atoms with Gasteiger partial charge in [0.1, 0.15) is 17.0 Å². The number of hydrogen-bond acceptors (Lipinski definition) is 6. The van der Waals surface area contributed by atoms with Crippen LogP contribution in [-0.4, -0.2) is 43.4 Å². The van der Waals surface area contributed by atoms with Crippen LogP contribution in [0.5, 0.6) is 0 Å². The second-order valence-corrected chi connectivity index (χ2v) is 11.2. The van der Waals surface area contributed by atoms with E-state index in [0.717, 1.165) is 28.8 Å². The molecule has 0 spiro atoms. The van der Waals surface area contributed by atoms with Crippen molar-refractivity contribution < 1.29 is 33.1 Å². The van der Waals surface area contributed by atoms with Crippen LogP contribution in [0.3, 0.4) is 0 Å². The van der Waals surface area contributed by atoms with Gasteiger partial charge in [-0.1, -0.05) is 29.8 Å². The summed E-state index contributed by atoms with van der Waals surface area (Å²) in [5.41, 5.74) is 3.89. The van der Waals surface area contributed by atoms with Gasteiger partial charge in [-0.2, -0.15) is 5.10 Å². The maximum absolute atomic E-state index is 13.8. The van der Waals surface area contributed by atoms with Gasteiger partial charge in [-0.3, -0.25) is 14.4 Å². The van der Waals surface area contributed by atoms with Gasteiger partial charge in [0.15, 0.2) is 17.3 Å². The minimum atomic E-state index is -1.07. The quantitative estimate of drug-likeness (QED) is 0.188. The molecule has 1 aliphatic rings. The molecule has 5 aromatic rings. The third-order valence-corrected chi connectivity index (χ3v) is 8.16. The molecule has 0 radical (unpaired) electrons. The Labute approximate surface area is 266 Å². The Kier molecular flexibility index (Phi) is 8.20. The molecule has 11 nitrogen and oxygen atoms in total. The van der Waals surface area contributed by atoms with Gasteiger partial charge < -0.3 is 21.1 Å². The molecule has 0 unspecified atom stereocenters. The van der Waals surface area contributed by atoms with Gasteiger partial charge in [0.25, 0.3) is 17.7 Å². The summed E-state index contributed by atoms with van der Waals surface area (Å²) in [7, 11) is 0. The van der Waals surface area contributed by atoms with Crippen molar-refractivity contribution in [1.82, 2.24) is 25.2 Å². The Morgan fingerprint density at radius 2 is 1.68 bits per heavy atom. The molecule has 0 saturated heterocycles. The molecule has 4 N–H and O–H groups in total. The Bertz CT molecular complexity index is 2090. The van der Waals surface area contributed by atoms with Crippen LogP contribution < -0.4 is 16.0 Å². The van der Waals surface area contributed by atoms with Crippen molar-refractivity contribution in [1.29, 1.82) is 0 Å². The number of benzene rings is 3. The zero-order valence-corrected chi connectivity index (χ0v) is 25.2. The Morgan fingerprint density at radius 3 is 2.40 bits per heavy atom. The van der Waals surface area contributed by atoms with Gasteiger partial charge in [-0.15, -0.1) is 0 Å². The number of aromatic nitrogens is 3. The number of anilines is 1. The van der Waals surface area contributed by atoms with E-state index in [1.165, 1.54) is 28.9 Å². The fraction of sp³-hybridized carbons (Fsp3) is 0.176. The average molecular weight is 639 g/mol. The molecule has 0 saturated carbocycles. The first-order chi connectivity index (χ1) is 22.5. The molecular formula is C34H28F2N6O5. The third-order valence-electron chi connectivity index (χ3n) is 8.16. The average Bonchev–Trinajstić information content (AvgIpc) is 3.67. The topological polar surface area (TPSA) is 155 Å². The molecule has 1 atom stereocenters. The predicted molar refractivity (Wildman–Crippen MR) is 166 cm³/mol. The van der Waals surface area contributed by atoms with Gasteiger partial charge in [-0.25, -0.2) is 23.1 Å². The first kappa shape index (κ1) is 31.0. The molecule has 6 rings (SSSR count). The van der Waals surface area contributed by atoms with Crippen LogP contribution in [0.1, 0.15) is 82.0 Å². The van der Waals surface area contributed by atoms with Crippen LogP contribution in [0.25, 0.3) is 5.65 Å². The summed E-state index contributed by atoms with van der Waals surface area (Å²) < 4.78 is 28.3. The van der Waals surface area contributed by atoms with E-state index >= 15 is 0 Å². The number of hydrogen-bond donors (Lipinski definition) is 4. The molecule has 1 aliphatic carbocycles. The minimum Gasteiger partial charge on any atom is -0.478 e. The number of carbonyl (C=O) groups is 4. The molecule has 2 aromatic heterocycles. The van der Waals surface area contributed by atoms with E-state index in [4.69, 9.17) is 0 Å². The van der Waals surface area contributed by atoms with Crippen LogP contribution in [0.2, 0.25) is 0 Å². The van der Waals surface area contributed by atoms with Gasteiger partial charge in [0.05, 0.1) is 17.8 Å². The van der Waals surface area contributed by atoms with E-state index < -0.39 is 41.4 Å². The normalized spacial score (nSPS) is 13.7. The van der Waals surface area contributed by atoms with Crippen molar-refractivity contribution in [2.45, 2.75) is 39.3 Å². The first-order valence-corrected chi connectivity index (χ1v) is 14.7. The van der Waals surface area contributed by atoms with Crippen LogP contribution in [0.4, 0.5) is 14.5 Å². The molecule has 238 valence electrons. The van der Waals surface area contributed by atoms with Crippen molar-refractivity contribution in [3.63, 3.8) is 0 Å². The van der Waals surface area contributed by atoms with Crippen molar-refractivity contribution in [3.8, 4) is 0 Å². The SMILES string of the molecule is Cc1ccc(NC(=O)c2cnn3c(C(=O)N[C@H]4CCc5c4ccc(C(=O)O)c5C)cc(C(=O)NCc4ccc(F)c(F)c4)nc23)cc1. The summed E-state index contributed by atoms with van der Waals surface area (Å²) in [4.78, 5) is 56.4. The summed E-state index contributed by atoms with van der Waals surface area (Å²) in [6, 6.07) is 14.3. The summed E-state index contributed by atoms with van der Waals surface area (Å²) >= 11 is 0. The number of carbonyl (C=O) groups excluding carboxylic acids is 3. The van der Waals surface area contributed by atoms with Crippen LogP contribution >= 0.6 is 0 Å². The number of amides is 3. The summed E-state index contributed by atoms with van der Waals surface area (Å²) in [5.74, 6) is -5.05. The largest absolute Gasteiger partial charge is 0.478 e. The molecule has 2 heterocycles. The number of nitrogens with one attached hydrogen (secondary N) is 3. The summed E-state index contributed by atoms with van der Waals surface area (Å²) in [5, 5.41) is 22.1. The Balaban J connectivity index is 1.33. The molecule has 3 aromatic carbocycles. The molecular weight excluding hydrogens is 610 g/mol. The number of aromatic carboxylic acids is 1. The second kappa shape index (κ2) is 12.4. The monoisotopic (exact) mass is 638 g/mol. The summed E-state index contributed by atoms with van der Waals surface area (Å²) in [6.45, 7) is 3.48. The van der Waals surface area contributed by atoms with Crippen molar-refractivity contribution in [2.75, 3.05) is 5.32 Å². The van der Waals surface area contributed by atoms with E-state index in [1.807, 2.05) is 19.1 Å². The predicted octanol–water partition coefficient (Wildman–Crippen LogP) is 4.92. The molecule has 47 heavy (non-hydrogen) atoms. The molecule has 13 heteroatoms. The number of aryl methyl sites for hydroxylation is 1. The zero-order valence-electron chi connectivity index (χ0n) is 25.2. The number of carboxylic acid groups (broad SMARTS) is 1.